The first kappa shape index (κ1) is 16.1. The number of anilines is 2. The molecule has 0 saturated heterocycles. The van der Waals surface area contributed by atoms with E-state index in [9.17, 15) is 0 Å². The molecule has 5 aromatic rings. The van der Waals surface area contributed by atoms with Crippen LogP contribution in [0.3, 0.4) is 0 Å². The summed E-state index contributed by atoms with van der Waals surface area (Å²) in [5.74, 6) is 2.10. The van der Waals surface area contributed by atoms with Crippen LogP contribution in [0.2, 0.25) is 0 Å². The number of nitrogens with one attached hydrogen (secondary N) is 2. The van der Waals surface area contributed by atoms with Crippen molar-refractivity contribution >= 4 is 33.7 Å². The van der Waals surface area contributed by atoms with Gasteiger partial charge >= 0.3 is 0 Å². The number of benzene rings is 1. The molecule has 138 valence electrons. The first-order valence-electron chi connectivity index (χ1n) is 8.58. The lowest BCUT2D eigenvalue weighted by molar-refractivity contribution is 1.09. The lowest BCUT2D eigenvalue weighted by atomic mass is 10.1. The van der Waals surface area contributed by atoms with Crippen molar-refractivity contribution < 1.29 is 0 Å². The van der Waals surface area contributed by atoms with Crippen LogP contribution >= 0.6 is 0 Å². The third kappa shape index (κ3) is 2.35. The average molecular weight is 372 g/mol. The number of aromatic amines is 2. The maximum Gasteiger partial charge on any atom is 0.187 e. The lowest BCUT2D eigenvalue weighted by Crippen LogP contribution is -1.96. The minimum atomic E-state index is 0.469. The molecule has 4 aromatic heterocycles. The highest BCUT2D eigenvalue weighted by atomic mass is 15.2. The molecule has 0 aliphatic heterocycles. The van der Waals surface area contributed by atoms with Crippen molar-refractivity contribution in [3.63, 3.8) is 0 Å². The van der Waals surface area contributed by atoms with Crippen LogP contribution in [0.25, 0.3) is 44.8 Å². The Morgan fingerprint density at radius 3 is 1.43 bits per heavy atom. The molecule has 0 amide bonds. The molecule has 0 unspecified atom stereocenters. The molecule has 0 bridgehead atoms. The van der Waals surface area contributed by atoms with Gasteiger partial charge in [0.2, 0.25) is 0 Å². The first-order chi connectivity index (χ1) is 13.5. The van der Waals surface area contributed by atoms with Gasteiger partial charge in [0.25, 0.3) is 0 Å². The molecule has 0 radical (unpaired) electrons. The second kappa shape index (κ2) is 5.71. The van der Waals surface area contributed by atoms with E-state index < -0.39 is 0 Å². The number of fused-ring (bicyclic) bond motifs is 2. The fourth-order valence-electron chi connectivity index (χ4n) is 3.27. The Bertz CT molecular complexity index is 1240. The van der Waals surface area contributed by atoms with E-state index in [1.54, 1.807) is 0 Å². The van der Waals surface area contributed by atoms with Gasteiger partial charge in [-0.2, -0.15) is 10.2 Å². The fraction of sp³-hybridized carbons (Fsp3) is 0.111. The summed E-state index contributed by atoms with van der Waals surface area (Å²) < 4.78 is 0. The number of nitrogens with zero attached hydrogens (tertiary/aromatic N) is 6. The molecule has 5 rings (SSSR count). The van der Waals surface area contributed by atoms with Crippen molar-refractivity contribution in [2.24, 2.45) is 0 Å². The molecule has 0 saturated carbocycles. The number of nitrogens with two attached hydrogens (primary N) is 2. The standard InChI is InChI=1S/C18H16N10/c1-7-11-13(19)25-27-17(11)23-15(21-7)9-3-5-10(6-4-9)16-22-8(2)12-14(20)26-28-18(12)24-16/h3-6H,1-2H3,(H3,19,21,23,25,27)(H3,20,22,24,26,28). The minimum absolute atomic E-state index is 0.469. The molecule has 6 N–H and O–H groups in total. The van der Waals surface area contributed by atoms with Crippen LogP contribution in [0.15, 0.2) is 24.3 Å². The van der Waals surface area contributed by atoms with Gasteiger partial charge in [-0.15, -0.1) is 0 Å². The third-order valence-electron chi connectivity index (χ3n) is 4.65. The highest BCUT2D eigenvalue weighted by Gasteiger charge is 2.14. The molecule has 0 aliphatic carbocycles. The van der Waals surface area contributed by atoms with E-state index in [1.807, 2.05) is 38.1 Å². The summed E-state index contributed by atoms with van der Waals surface area (Å²) in [5, 5.41) is 15.2. The van der Waals surface area contributed by atoms with Crippen molar-refractivity contribution in [3.05, 3.63) is 35.7 Å². The fourth-order valence-corrected chi connectivity index (χ4v) is 3.27. The number of hydrogen-bond acceptors (Lipinski definition) is 8. The molecule has 10 heteroatoms. The van der Waals surface area contributed by atoms with E-state index in [0.717, 1.165) is 33.3 Å². The van der Waals surface area contributed by atoms with Gasteiger partial charge in [0.15, 0.2) is 22.9 Å². The predicted octanol–water partition coefficient (Wildman–Crippen LogP) is 2.13. The van der Waals surface area contributed by atoms with E-state index in [4.69, 9.17) is 11.5 Å². The Kier molecular flexibility index (Phi) is 3.29. The zero-order valence-electron chi connectivity index (χ0n) is 15.1. The van der Waals surface area contributed by atoms with Gasteiger partial charge < -0.3 is 11.5 Å². The topological polar surface area (TPSA) is 161 Å². The normalized spacial score (nSPS) is 11.5. The van der Waals surface area contributed by atoms with Gasteiger partial charge in [0, 0.05) is 11.1 Å². The number of aryl methyl sites for hydroxylation is 2. The summed E-state index contributed by atoms with van der Waals surface area (Å²) in [5.41, 5.74) is 16.1. The molecule has 0 aliphatic rings. The van der Waals surface area contributed by atoms with Gasteiger partial charge in [-0.25, -0.2) is 19.9 Å². The summed E-state index contributed by atoms with van der Waals surface area (Å²) in [6, 6.07) is 7.70. The van der Waals surface area contributed by atoms with Gasteiger partial charge in [-0.3, -0.25) is 10.2 Å². The monoisotopic (exact) mass is 372 g/mol. The summed E-state index contributed by atoms with van der Waals surface area (Å²) in [6.07, 6.45) is 0. The van der Waals surface area contributed by atoms with E-state index >= 15 is 0 Å². The second-order valence-corrected chi connectivity index (χ2v) is 6.51. The molecule has 0 fully saturated rings. The van der Waals surface area contributed by atoms with E-state index in [0.29, 0.717) is 34.6 Å². The average Bonchev–Trinajstić information content (AvgIpc) is 3.25. The first-order valence-corrected chi connectivity index (χ1v) is 8.58. The number of nitrogen functional groups attached to an aromatic ring is 2. The van der Waals surface area contributed by atoms with Crippen LogP contribution in [0.1, 0.15) is 11.4 Å². The van der Waals surface area contributed by atoms with Crippen LogP contribution < -0.4 is 11.5 Å². The molecule has 28 heavy (non-hydrogen) atoms. The molecular weight excluding hydrogens is 356 g/mol. The summed E-state index contributed by atoms with van der Waals surface area (Å²) >= 11 is 0. The molecule has 1 aromatic carbocycles. The number of H-pyrrole nitrogens is 2. The SMILES string of the molecule is Cc1nc(-c2ccc(-c3nc(C)c4c(N)[nH]nc4n3)cc2)nc2n[nH]c(N)c12. The predicted molar refractivity (Wildman–Crippen MR) is 106 cm³/mol. The number of hydrogen-bond donors (Lipinski definition) is 4. The summed E-state index contributed by atoms with van der Waals surface area (Å²) in [7, 11) is 0. The van der Waals surface area contributed by atoms with Gasteiger partial charge in [0.05, 0.1) is 22.2 Å². The van der Waals surface area contributed by atoms with Gasteiger partial charge in [0.1, 0.15) is 11.6 Å². The smallest absolute Gasteiger partial charge is 0.187 e. The molecular formula is C18H16N10. The van der Waals surface area contributed by atoms with Crippen molar-refractivity contribution in [1.82, 2.24) is 40.3 Å². The van der Waals surface area contributed by atoms with Crippen molar-refractivity contribution in [3.8, 4) is 22.8 Å². The quantitative estimate of drug-likeness (QED) is 0.366. The Balaban J connectivity index is 1.56. The maximum absolute atomic E-state index is 5.88. The maximum atomic E-state index is 5.88. The number of aromatic nitrogens is 8. The molecule has 10 nitrogen and oxygen atoms in total. The van der Waals surface area contributed by atoms with E-state index in [-0.39, 0.29) is 0 Å². The van der Waals surface area contributed by atoms with E-state index in [1.165, 1.54) is 0 Å². The van der Waals surface area contributed by atoms with Crippen molar-refractivity contribution in [2.75, 3.05) is 11.5 Å². The van der Waals surface area contributed by atoms with Crippen LogP contribution in [0, 0.1) is 13.8 Å². The van der Waals surface area contributed by atoms with Crippen molar-refractivity contribution in [1.29, 1.82) is 0 Å². The van der Waals surface area contributed by atoms with Gasteiger partial charge in [-0.1, -0.05) is 24.3 Å². The Morgan fingerprint density at radius 1 is 0.643 bits per heavy atom. The summed E-state index contributed by atoms with van der Waals surface area (Å²) in [6.45, 7) is 3.77. The van der Waals surface area contributed by atoms with Crippen LogP contribution in [-0.2, 0) is 0 Å². The van der Waals surface area contributed by atoms with Crippen LogP contribution in [0.5, 0.6) is 0 Å². The van der Waals surface area contributed by atoms with Crippen molar-refractivity contribution in [2.45, 2.75) is 13.8 Å². The Morgan fingerprint density at radius 2 is 1.04 bits per heavy atom. The molecule has 4 heterocycles. The van der Waals surface area contributed by atoms with Crippen LogP contribution in [-0.4, -0.2) is 40.3 Å². The third-order valence-corrected chi connectivity index (χ3v) is 4.65. The van der Waals surface area contributed by atoms with Gasteiger partial charge in [-0.05, 0) is 13.8 Å². The second-order valence-electron chi connectivity index (χ2n) is 6.51. The lowest BCUT2D eigenvalue weighted by Gasteiger charge is -2.05. The zero-order chi connectivity index (χ0) is 19.4. The van der Waals surface area contributed by atoms with E-state index in [2.05, 4.69) is 40.3 Å². The Labute approximate surface area is 158 Å². The summed E-state index contributed by atoms with van der Waals surface area (Å²) in [4.78, 5) is 18.1. The minimum Gasteiger partial charge on any atom is -0.383 e. The highest BCUT2D eigenvalue weighted by molar-refractivity contribution is 5.90. The highest BCUT2D eigenvalue weighted by Crippen LogP contribution is 2.27. The van der Waals surface area contributed by atoms with Crippen LogP contribution in [0.4, 0.5) is 11.6 Å². The largest absolute Gasteiger partial charge is 0.383 e. The molecule has 0 spiro atoms. The molecule has 0 atom stereocenters. The zero-order valence-corrected chi connectivity index (χ0v) is 15.1. The number of rotatable bonds is 2. The Hall–Kier alpha value is -4.08.